The number of ether oxygens (including phenoxy) is 1. The predicted octanol–water partition coefficient (Wildman–Crippen LogP) is 2.95. The van der Waals surface area contributed by atoms with Crippen molar-refractivity contribution >= 4 is 5.91 Å². The maximum Gasteiger partial charge on any atom is 0.416 e. The van der Waals surface area contributed by atoms with Crippen LogP contribution < -0.4 is 0 Å². The summed E-state index contributed by atoms with van der Waals surface area (Å²) in [5, 5.41) is 0. The van der Waals surface area contributed by atoms with Gasteiger partial charge in [-0.1, -0.05) is 0 Å². The Morgan fingerprint density at radius 3 is 2.40 bits per heavy atom. The van der Waals surface area contributed by atoms with E-state index >= 15 is 0 Å². The van der Waals surface area contributed by atoms with Crippen LogP contribution in [-0.4, -0.2) is 36.1 Å². The molecule has 1 aromatic carbocycles. The zero-order valence-electron chi connectivity index (χ0n) is 11.3. The Hall–Kier alpha value is -1.56. The maximum atomic E-state index is 12.5. The third kappa shape index (κ3) is 3.12. The largest absolute Gasteiger partial charge is 0.416 e. The Kier molecular flexibility index (Phi) is 4.04. The van der Waals surface area contributed by atoms with E-state index < -0.39 is 11.7 Å². The minimum Gasteiger partial charge on any atom is -0.375 e. The fraction of sp³-hybridized carbons (Fsp3) is 0.500. The third-order valence-electron chi connectivity index (χ3n) is 3.33. The lowest BCUT2D eigenvalue weighted by atomic mass is 10.1. The molecule has 1 fully saturated rings. The molecular formula is C14H16F3NO2. The maximum absolute atomic E-state index is 12.5. The fourth-order valence-electron chi connectivity index (χ4n) is 2.15. The summed E-state index contributed by atoms with van der Waals surface area (Å²) in [6.45, 7) is 4.60. The van der Waals surface area contributed by atoms with E-state index in [4.69, 9.17) is 4.74 Å². The van der Waals surface area contributed by atoms with Crippen molar-refractivity contribution in [2.45, 2.75) is 32.2 Å². The van der Waals surface area contributed by atoms with Crippen LogP contribution in [0.4, 0.5) is 13.2 Å². The average molecular weight is 287 g/mol. The van der Waals surface area contributed by atoms with Crippen LogP contribution in [0.15, 0.2) is 24.3 Å². The highest BCUT2D eigenvalue weighted by Crippen LogP contribution is 2.29. The van der Waals surface area contributed by atoms with Crippen molar-refractivity contribution in [3.05, 3.63) is 35.4 Å². The van der Waals surface area contributed by atoms with Crippen molar-refractivity contribution in [3.8, 4) is 0 Å². The van der Waals surface area contributed by atoms with Gasteiger partial charge in [0.15, 0.2) is 0 Å². The minimum absolute atomic E-state index is 0.0652. The molecule has 0 aromatic heterocycles. The number of alkyl halides is 3. The molecule has 20 heavy (non-hydrogen) atoms. The van der Waals surface area contributed by atoms with E-state index in [1.165, 1.54) is 12.1 Å². The molecule has 1 aromatic rings. The summed E-state index contributed by atoms with van der Waals surface area (Å²) >= 11 is 0. The van der Waals surface area contributed by atoms with Crippen LogP contribution >= 0.6 is 0 Å². The summed E-state index contributed by atoms with van der Waals surface area (Å²) in [5.41, 5.74) is -0.489. The highest BCUT2D eigenvalue weighted by molar-refractivity contribution is 5.94. The van der Waals surface area contributed by atoms with Gasteiger partial charge in [-0.2, -0.15) is 13.2 Å². The molecule has 1 aliphatic rings. The van der Waals surface area contributed by atoms with Gasteiger partial charge in [-0.05, 0) is 38.1 Å². The van der Waals surface area contributed by atoms with Crippen LogP contribution in [0.2, 0.25) is 0 Å². The first-order valence-electron chi connectivity index (χ1n) is 6.39. The zero-order valence-corrected chi connectivity index (χ0v) is 11.3. The second kappa shape index (κ2) is 5.44. The average Bonchev–Trinajstić information content (AvgIpc) is 2.40. The van der Waals surface area contributed by atoms with Gasteiger partial charge in [-0.3, -0.25) is 4.79 Å². The highest BCUT2D eigenvalue weighted by atomic mass is 19.4. The first-order valence-corrected chi connectivity index (χ1v) is 6.39. The van der Waals surface area contributed by atoms with Gasteiger partial charge in [-0.15, -0.1) is 0 Å². The summed E-state index contributed by atoms with van der Waals surface area (Å²) in [7, 11) is 0. The number of nitrogens with zero attached hydrogens (tertiary/aromatic N) is 1. The van der Waals surface area contributed by atoms with E-state index in [2.05, 4.69) is 0 Å². The van der Waals surface area contributed by atoms with Gasteiger partial charge in [0.2, 0.25) is 0 Å². The van der Waals surface area contributed by atoms with Crippen molar-refractivity contribution in [2.75, 3.05) is 13.2 Å². The van der Waals surface area contributed by atoms with E-state index in [9.17, 15) is 18.0 Å². The fourth-order valence-corrected chi connectivity index (χ4v) is 2.15. The van der Waals surface area contributed by atoms with E-state index in [1.54, 1.807) is 4.90 Å². The van der Waals surface area contributed by atoms with Crippen molar-refractivity contribution in [2.24, 2.45) is 0 Å². The van der Waals surface area contributed by atoms with E-state index in [0.29, 0.717) is 13.2 Å². The Balaban J connectivity index is 2.16. The Labute approximate surface area is 115 Å². The number of hydrogen-bond donors (Lipinski definition) is 0. The lowest BCUT2D eigenvalue weighted by Gasteiger charge is -2.36. The smallest absolute Gasteiger partial charge is 0.375 e. The quantitative estimate of drug-likeness (QED) is 0.794. The SMILES string of the molecule is C[C@H]1CN(C(=O)c2ccc(C(F)(F)F)cc2)[C@@H](C)CO1. The number of hydrogen-bond acceptors (Lipinski definition) is 2. The predicted molar refractivity (Wildman–Crippen MR) is 67.4 cm³/mol. The monoisotopic (exact) mass is 287 g/mol. The normalized spacial score (nSPS) is 23.8. The van der Waals surface area contributed by atoms with Gasteiger partial charge in [0.1, 0.15) is 0 Å². The second-order valence-electron chi connectivity index (χ2n) is 5.03. The van der Waals surface area contributed by atoms with Crippen LogP contribution in [0.25, 0.3) is 0 Å². The van der Waals surface area contributed by atoms with Crippen molar-refractivity contribution in [1.82, 2.24) is 4.90 Å². The summed E-state index contributed by atoms with van der Waals surface area (Å²) in [5.74, 6) is -0.263. The molecule has 0 saturated carbocycles. The molecule has 2 atom stereocenters. The van der Waals surface area contributed by atoms with Crippen LogP contribution in [0.1, 0.15) is 29.8 Å². The van der Waals surface area contributed by atoms with E-state index in [0.717, 1.165) is 12.1 Å². The summed E-state index contributed by atoms with van der Waals surface area (Å²) in [6, 6.07) is 4.22. The van der Waals surface area contributed by atoms with Gasteiger partial charge in [0.05, 0.1) is 24.3 Å². The molecule has 3 nitrogen and oxygen atoms in total. The topological polar surface area (TPSA) is 29.5 Å². The molecule has 2 rings (SSSR count). The van der Waals surface area contributed by atoms with Gasteiger partial charge >= 0.3 is 6.18 Å². The van der Waals surface area contributed by atoms with Crippen LogP contribution in [0.5, 0.6) is 0 Å². The number of rotatable bonds is 1. The lowest BCUT2D eigenvalue weighted by molar-refractivity contribution is -0.137. The molecule has 1 amide bonds. The molecule has 1 saturated heterocycles. The number of morpholine rings is 1. The Morgan fingerprint density at radius 1 is 1.25 bits per heavy atom. The zero-order chi connectivity index (χ0) is 14.9. The molecular weight excluding hydrogens is 271 g/mol. The number of carbonyl (C=O) groups is 1. The first kappa shape index (κ1) is 14.8. The minimum atomic E-state index is -4.39. The van der Waals surface area contributed by atoms with Gasteiger partial charge in [-0.25, -0.2) is 0 Å². The highest BCUT2D eigenvalue weighted by Gasteiger charge is 2.31. The van der Waals surface area contributed by atoms with Gasteiger partial charge in [0, 0.05) is 12.1 Å². The van der Waals surface area contributed by atoms with Crippen molar-refractivity contribution < 1.29 is 22.7 Å². The molecule has 6 heteroatoms. The third-order valence-corrected chi connectivity index (χ3v) is 3.33. The van der Waals surface area contributed by atoms with Crippen molar-refractivity contribution in [1.29, 1.82) is 0 Å². The summed E-state index contributed by atoms with van der Waals surface area (Å²) in [6.07, 6.45) is -4.45. The lowest BCUT2D eigenvalue weighted by Crippen LogP contribution is -2.50. The molecule has 1 aliphatic heterocycles. The standard InChI is InChI=1S/C14H16F3NO2/c1-9-8-20-10(2)7-18(9)13(19)11-3-5-12(6-4-11)14(15,16)17/h3-6,9-10H,7-8H2,1-2H3/t9-,10-/m0/s1. The Morgan fingerprint density at radius 2 is 1.85 bits per heavy atom. The molecule has 0 N–H and O–H groups in total. The summed E-state index contributed by atoms with van der Waals surface area (Å²) < 4.78 is 42.9. The van der Waals surface area contributed by atoms with Crippen LogP contribution in [0, 0.1) is 0 Å². The molecule has 1 heterocycles. The molecule has 110 valence electrons. The number of benzene rings is 1. The molecule has 0 aliphatic carbocycles. The molecule has 0 bridgehead atoms. The van der Waals surface area contributed by atoms with E-state index in [1.807, 2.05) is 13.8 Å². The van der Waals surface area contributed by atoms with Crippen molar-refractivity contribution in [3.63, 3.8) is 0 Å². The van der Waals surface area contributed by atoms with Gasteiger partial charge < -0.3 is 9.64 Å². The van der Waals surface area contributed by atoms with Crippen LogP contribution in [-0.2, 0) is 10.9 Å². The second-order valence-corrected chi connectivity index (χ2v) is 5.03. The Bertz CT molecular complexity index is 484. The molecule has 0 spiro atoms. The summed E-state index contributed by atoms with van der Waals surface area (Å²) in [4.78, 5) is 13.9. The number of halogens is 3. The van der Waals surface area contributed by atoms with Gasteiger partial charge in [0.25, 0.3) is 5.91 Å². The molecule has 0 unspecified atom stereocenters. The number of amides is 1. The van der Waals surface area contributed by atoms with E-state index in [-0.39, 0.29) is 23.6 Å². The number of carbonyl (C=O) groups excluding carboxylic acids is 1. The molecule has 0 radical (unpaired) electrons. The first-order chi connectivity index (χ1) is 9.29. The van der Waals surface area contributed by atoms with Crippen LogP contribution in [0.3, 0.4) is 0 Å².